The topological polar surface area (TPSA) is 82.9 Å². The van der Waals surface area contributed by atoms with Gasteiger partial charge in [-0.1, -0.05) is 50.0 Å². The molecule has 1 aliphatic rings. The molecular formula is C26H31N3O5Si. The van der Waals surface area contributed by atoms with E-state index in [0.29, 0.717) is 36.0 Å². The van der Waals surface area contributed by atoms with E-state index < -0.39 is 14.0 Å². The number of hydrogen-bond acceptors (Lipinski definition) is 6. The van der Waals surface area contributed by atoms with Gasteiger partial charge in [0.1, 0.15) is 12.5 Å². The van der Waals surface area contributed by atoms with E-state index >= 15 is 0 Å². The first-order chi connectivity index (χ1) is 16.7. The minimum atomic E-state index is -1.20. The molecule has 0 N–H and O–H groups in total. The van der Waals surface area contributed by atoms with Gasteiger partial charge in [-0.25, -0.2) is 9.48 Å². The number of fused-ring (bicyclic) bond motifs is 1. The van der Waals surface area contributed by atoms with E-state index in [4.69, 9.17) is 19.3 Å². The molecule has 0 unspecified atom stereocenters. The number of esters is 1. The van der Waals surface area contributed by atoms with E-state index in [1.54, 1.807) is 23.1 Å². The van der Waals surface area contributed by atoms with Crippen molar-refractivity contribution in [3.05, 3.63) is 65.9 Å². The highest BCUT2D eigenvalue weighted by atomic mass is 28.3. The molecule has 1 amide bonds. The molecule has 0 atom stereocenters. The first kappa shape index (κ1) is 24.7. The van der Waals surface area contributed by atoms with Crippen LogP contribution in [-0.2, 0) is 27.5 Å². The van der Waals surface area contributed by atoms with Crippen LogP contribution in [0.2, 0.25) is 25.7 Å². The molecule has 0 saturated carbocycles. The first-order valence-electron chi connectivity index (χ1n) is 11.6. The van der Waals surface area contributed by atoms with Crippen molar-refractivity contribution in [2.45, 2.75) is 39.0 Å². The highest BCUT2D eigenvalue weighted by Crippen LogP contribution is 2.34. The van der Waals surface area contributed by atoms with E-state index in [1.165, 1.54) is 7.11 Å². The Kier molecular flexibility index (Phi) is 7.37. The number of methoxy groups -OCH3 is 1. The Morgan fingerprint density at radius 2 is 1.89 bits per heavy atom. The molecule has 4 rings (SSSR count). The molecule has 1 aromatic heterocycles. The highest BCUT2D eigenvalue weighted by molar-refractivity contribution is 6.76. The Morgan fingerprint density at radius 1 is 1.11 bits per heavy atom. The summed E-state index contributed by atoms with van der Waals surface area (Å²) in [6.45, 7) is 8.14. The summed E-state index contributed by atoms with van der Waals surface area (Å²) < 4.78 is 18.2. The van der Waals surface area contributed by atoms with Crippen molar-refractivity contribution < 1.29 is 23.8 Å². The van der Waals surface area contributed by atoms with Gasteiger partial charge >= 0.3 is 5.97 Å². The summed E-state index contributed by atoms with van der Waals surface area (Å²) in [4.78, 5) is 26.4. The summed E-state index contributed by atoms with van der Waals surface area (Å²) in [5, 5.41) is 4.77. The lowest BCUT2D eigenvalue weighted by Gasteiger charge is -2.29. The van der Waals surface area contributed by atoms with Crippen LogP contribution in [0.25, 0.3) is 11.3 Å². The van der Waals surface area contributed by atoms with Crippen molar-refractivity contribution in [2.75, 3.05) is 25.2 Å². The summed E-state index contributed by atoms with van der Waals surface area (Å²) in [7, 11) is 0.126. The first-order valence-corrected chi connectivity index (χ1v) is 15.3. The minimum absolute atomic E-state index is 0.0728. The summed E-state index contributed by atoms with van der Waals surface area (Å²) in [6.07, 6.45) is 0. The molecule has 0 spiro atoms. The van der Waals surface area contributed by atoms with E-state index in [-0.39, 0.29) is 19.1 Å². The van der Waals surface area contributed by atoms with Gasteiger partial charge in [0.25, 0.3) is 5.91 Å². The second-order valence-corrected chi connectivity index (χ2v) is 15.3. The molecule has 184 valence electrons. The maximum absolute atomic E-state index is 12.8. The van der Waals surface area contributed by atoms with Gasteiger partial charge in [-0.3, -0.25) is 9.69 Å². The smallest absolute Gasteiger partial charge is 0.337 e. The standard InChI is InChI=1S/C26H31N3O5Si/c1-32-26(31)20-10-11-24-23(14-20)28(25(30)17-34-24)16-21-15-22(19-8-6-5-7-9-19)29(27-21)18-33-12-13-35(2,3)4/h5-11,14-15H,12-13,16-18H2,1-4H3. The lowest BCUT2D eigenvalue weighted by molar-refractivity contribution is -0.121. The molecule has 3 aromatic rings. The van der Waals surface area contributed by atoms with E-state index in [0.717, 1.165) is 17.3 Å². The Bertz CT molecular complexity index is 1200. The van der Waals surface area contributed by atoms with Gasteiger partial charge in [0, 0.05) is 14.7 Å². The zero-order valence-corrected chi connectivity index (χ0v) is 21.6. The molecule has 2 aromatic carbocycles. The van der Waals surface area contributed by atoms with Crippen LogP contribution >= 0.6 is 0 Å². The monoisotopic (exact) mass is 493 g/mol. The third-order valence-electron chi connectivity index (χ3n) is 5.75. The third-order valence-corrected chi connectivity index (χ3v) is 7.46. The van der Waals surface area contributed by atoms with Crippen molar-refractivity contribution >= 4 is 25.6 Å². The molecule has 9 heteroatoms. The molecule has 0 bridgehead atoms. The second kappa shape index (κ2) is 10.5. The number of benzene rings is 2. The van der Waals surface area contributed by atoms with Crippen LogP contribution in [0.4, 0.5) is 5.69 Å². The maximum atomic E-state index is 12.8. The van der Waals surface area contributed by atoms with Gasteiger partial charge in [0.15, 0.2) is 6.61 Å². The van der Waals surface area contributed by atoms with Crippen molar-refractivity contribution in [1.82, 2.24) is 9.78 Å². The molecule has 1 aliphatic heterocycles. The quantitative estimate of drug-likeness (QED) is 0.247. The number of rotatable bonds is 9. The van der Waals surface area contributed by atoms with Crippen LogP contribution in [-0.4, -0.2) is 50.1 Å². The number of ether oxygens (including phenoxy) is 3. The number of anilines is 1. The summed E-state index contributed by atoms with van der Waals surface area (Å²) in [6, 6.07) is 18.0. The van der Waals surface area contributed by atoms with Crippen LogP contribution in [0.5, 0.6) is 5.75 Å². The molecule has 0 radical (unpaired) electrons. The Morgan fingerprint density at radius 3 is 2.60 bits per heavy atom. The Labute approximate surface area is 206 Å². The molecule has 8 nitrogen and oxygen atoms in total. The molecular weight excluding hydrogens is 462 g/mol. The minimum Gasteiger partial charge on any atom is -0.482 e. The van der Waals surface area contributed by atoms with Gasteiger partial charge in [-0.15, -0.1) is 0 Å². The van der Waals surface area contributed by atoms with E-state index in [9.17, 15) is 9.59 Å². The van der Waals surface area contributed by atoms with Crippen LogP contribution in [0.15, 0.2) is 54.6 Å². The lowest BCUT2D eigenvalue weighted by Crippen LogP contribution is -2.38. The molecule has 35 heavy (non-hydrogen) atoms. The SMILES string of the molecule is COC(=O)c1ccc2c(c1)N(Cc1cc(-c3ccccc3)n(COCC[Si](C)(C)C)n1)C(=O)CO2. The number of hydrogen-bond donors (Lipinski definition) is 0. The average molecular weight is 494 g/mol. The fourth-order valence-corrected chi connectivity index (χ4v) is 4.56. The fraction of sp³-hybridized carbons (Fsp3) is 0.346. The van der Waals surface area contributed by atoms with Crippen LogP contribution in [0.3, 0.4) is 0 Å². The number of carbonyl (C=O) groups excluding carboxylic acids is 2. The Hall–Kier alpha value is -3.43. The van der Waals surface area contributed by atoms with Crippen molar-refractivity contribution in [1.29, 1.82) is 0 Å². The Balaban J connectivity index is 1.61. The van der Waals surface area contributed by atoms with Gasteiger partial charge in [0.2, 0.25) is 0 Å². The molecule has 0 fully saturated rings. The van der Waals surface area contributed by atoms with Crippen LogP contribution in [0.1, 0.15) is 16.1 Å². The third kappa shape index (κ3) is 5.98. The maximum Gasteiger partial charge on any atom is 0.337 e. The summed E-state index contributed by atoms with van der Waals surface area (Å²) in [5.41, 5.74) is 3.51. The van der Waals surface area contributed by atoms with Gasteiger partial charge in [0.05, 0.1) is 36.3 Å². The van der Waals surface area contributed by atoms with Crippen molar-refractivity contribution in [3.63, 3.8) is 0 Å². The number of nitrogens with zero attached hydrogens (tertiary/aromatic N) is 3. The zero-order valence-electron chi connectivity index (χ0n) is 20.6. The van der Waals surface area contributed by atoms with Crippen LogP contribution < -0.4 is 9.64 Å². The average Bonchev–Trinajstić information content (AvgIpc) is 3.25. The predicted octanol–water partition coefficient (Wildman–Crippen LogP) is 4.57. The van der Waals surface area contributed by atoms with Gasteiger partial charge in [-0.2, -0.15) is 5.10 Å². The largest absolute Gasteiger partial charge is 0.482 e. The van der Waals surface area contributed by atoms with Crippen LogP contribution in [0, 0.1) is 0 Å². The van der Waals surface area contributed by atoms with E-state index in [1.807, 2.05) is 41.1 Å². The molecule has 2 heterocycles. The summed E-state index contributed by atoms with van der Waals surface area (Å²) >= 11 is 0. The predicted molar refractivity (Wildman–Crippen MR) is 136 cm³/mol. The number of aromatic nitrogens is 2. The normalized spacial score (nSPS) is 13.4. The second-order valence-electron chi connectivity index (χ2n) is 9.68. The molecule has 0 aliphatic carbocycles. The highest BCUT2D eigenvalue weighted by Gasteiger charge is 2.28. The van der Waals surface area contributed by atoms with Crippen molar-refractivity contribution in [2.24, 2.45) is 0 Å². The summed E-state index contributed by atoms with van der Waals surface area (Å²) in [5.74, 6) is -0.145. The number of amides is 1. The van der Waals surface area contributed by atoms with Gasteiger partial charge < -0.3 is 14.2 Å². The fourth-order valence-electron chi connectivity index (χ4n) is 3.80. The lowest BCUT2D eigenvalue weighted by atomic mass is 10.1. The zero-order chi connectivity index (χ0) is 25.0. The van der Waals surface area contributed by atoms with Crippen molar-refractivity contribution in [3.8, 4) is 17.0 Å². The van der Waals surface area contributed by atoms with Gasteiger partial charge in [-0.05, 0) is 35.9 Å². The number of carbonyl (C=O) groups is 2. The van der Waals surface area contributed by atoms with E-state index in [2.05, 4.69) is 19.6 Å². The molecule has 0 saturated heterocycles.